The number of rotatable bonds is 8. The van der Waals surface area contributed by atoms with Crippen molar-refractivity contribution in [1.82, 2.24) is 14.8 Å². The van der Waals surface area contributed by atoms with Crippen LogP contribution in [-0.2, 0) is 18.4 Å². The first-order valence-corrected chi connectivity index (χ1v) is 12.2. The fourth-order valence-electron chi connectivity index (χ4n) is 4.98. The summed E-state index contributed by atoms with van der Waals surface area (Å²) in [6, 6.07) is 14.7. The van der Waals surface area contributed by atoms with Gasteiger partial charge in [-0.15, -0.1) is 12.4 Å². The molecule has 0 spiro atoms. The molecule has 2 atom stereocenters. The summed E-state index contributed by atoms with van der Waals surface area (Å²) in [5.74, 6) is -0.0626. The standard InChI is InChI=1S/C27H32ClN3O3.ClH/c1-30(2)16-18-8-4-6-10-22(18)29-27(33)26(32)25-21-9-5-7-11-23(21)31(3)24(25)17-34-20-14-12-19(28)13-15-20;/h5,7,9,11-15,18,22H,4,6,8,10,16-17H2,1-3H3,(H,29,33);1H. The van der Waals surface area contributed by atoms with E-state index in [0.29, 0.717) is 27.9 Å². The molecule has 1 aliphatic carbocycles. The number of nitrogens with one attached hydrogen (secondary N) is 1. The molecule has 4 rings (SSSR count). The third-order valence-corrected chi connectivity index (χ3v) is 6.93. The number of nitrogens with zero attached hydrogens (tertiary/aromatic N) is 2. The van der Waals surface area contributed by atoms with E-state index in [-0.39, 0.29) is 25.1 Å². The summed E-state index contributed by atoms with van der Waals surface area (Å²) in [4.78, 5) is 28.9. The molecule has 1 aliphatic rings. The van der Waals surface area contributed by atoms with Gasteiger partial charge in [-0.25, -0.2) is 0 Å². The van der Waals surface area contributed by atoms with E-state index in [2.05, 4.69) is 10.2 Å². The molecule has 0 aliphatic heterocycles. The van der Waals surface area contributed by atoms with Crippen LogP contribution in [-0.4, -0.2) is 47.8 Å². The first kappa shape index (κ1) is 27.1. The lowest BCUT2D eigenvalue weighted by atomic mass is 9.84. The molecule has 1 fully saturated rings. The molecular weight excluding hydrogens is 485 g/mol. The van der Waals surface area contributed by atoms with E-state index in [4.69, 9.17) is 16.3 Å². The van der Waals surface area contributed by atoms with Crippen LogP contribution in [0.1, 0.15) is 41.7 Å². The first-order chi connectivity index (χ1) is 16.3. The summed E-state index contributed by atoms with van der Waals surface area (Å²) in [5, 5.41) is 4.46. The Morgan fingerprint density at radius 1 is 1.09 bits per heavy atom. The van der Waals surface area contributed by atoms with Gasteiger partial charge in [-0.05, 0) is 63.2 Å². The van der Waals surface area contributed by atoms with Crippen molar-refractivity contribution in [2.75, 3.05) is 20.6 Å². The monoisotopic (exact) mass is 517 g/mol. The summed E-state index contributed by atoms with van der Waals surface area (Å²) < 4.78 is 7.90. The molecule has 1 N–H and O–H groups in total. The number of halogens is 2. The van der Waals surface area contributed by atoms with Crippen molar-refractivity contribution in [3.8, 4) is 5.75 Å². The largest absolute Gasteiger partial charge is 0.487 e. The van der Waals surface area contributed by atoms with Crippen molar-refractivity contribution in [2.24, 2.45) is 13.0 Å². The summed E-state index contributed by atoms with van der Waals surface area (Å²) in [7, 11) is 5.98. The van der Waals surface area contributed by atoms with Crippen molar-refractivity contribution < 1.29 is 14.3 Å². The van der Waals surface area contributed by atoms with Gasteiger partial charge in [-0.2, -0.15) is 0 Å². The minimum Gasteiger partial charge on any atom is -0.487 e. The fourth-order valence-corrected chi connectivity index (χ4v) is 5.11. The quantitative estimate of drug-likeness (QED) is 0.327. The van der Waals surface area contributed by atoms with E-state index in [1.54, 1.807) is 24.3 Å². The van der Waals surface area contributed by atoms with Crippen LogP contribution >= 0.6 is 24.0 Å². The Labute approximate surface area is 218 Å². The second-order valence-electron chi connectivity index (χ2n) is 9.36. The lowest BCUT2D eigenvalue weighted by Gasteiger charge is -2.33. The van der Waals surface area contributed by atoms with Gasteiger partial charge in [-0.1, -0.05) is 42.6 Å². The number of aromatic nitrogens is 1. The van der Waals surface area contributed by atoms with Gasteiger partial charge in [0.05, 0.1) is 11.3 Å². The van der Waals surface area contributed by atoms with Crippen LogP contribution in [0.3, 0.4) is 0 Å². The minimum absolute atomic E-state index is 0. The molecule has 0 bridgehead atoms. The number of carbonyl (C=O) groups excluding carboxylic acids is 2. The second-order valence-corrected chi connectivity index (χ2v) is 9.79. The molecule has 1 amide bonds. The Hall–Kier alpha value is -2.54. The van der Waals surface area contributed by atoms with E-state index >= 15 is 0 Å². The summed E-state index contributed by atoms with van der Waals surface area (Å²) >= 11 is 5.98. The molecule has 2 unspecified atom stereocenters. The summed E-state index contributed by atoms with van der Waals surface area (Å²) in [5.41, 5.74) is 1.96. The number of benzene rings is 2. The highest BCUT2D eigenvalue weighted by Gasteiger charge is 2.31. The number of carbonyl (C=O) groups is 2. The van der Waals surface area contributed by atoms with Crippen molar-refractivity contribution in [1.29, 1.82) is 0 Å². The van der Waals surface area contributed by atoms with Crippen LogP contribution in [0.15, 0.2) is 48.5 Å². The molecular formula is C27H33Cl2N3O3. The van der Waals surface area contributed by atoms with Gasteiger partial charge in [0.15, 0.2) is 0 Å². The van der Waals surface area contributed by atoms with E-state index in [1.165, 1.54) is 0 Å². The molecule has 1 saturated carbocycles. The number of fused-ring (bicyclic) bond motifs is 1. The van der Waals surface area contributed by atoms with Crippen LogP contribution in [0, 0.1) is 5.92 Å². The van der Waals surface area contributed by atoms with E-state index in [1.807, 2.05) is 50.0 Å². The predicted octanol–water partition coefficient (Wildman–Crippen LogP) is 5.25. The zero-order valence-corrected chi connectivity index (χ0v) is 22.0. The normalized spacial score (nSPS) is 17.7. The number of ether oxygens (including phenoxy) is 1. The summed E-state index contributed by atoms with van der Waals surface area (Å²) in [6.45, 7) is 1.06. The topological polar surface area (TPSA) is 63.6 Å². The van der Waals surface area contributed by atoms with Crippen LogP contribution in [0.4, 0.5) is 0 Å². The maximum Gasteiger partial charge on any atom is 0.292 e. The van der Waals surface area contributed by atoms with Crippen LogP contribution in [0.25, 0.3) is 10.9 Å². The number of amides is 1. The number of Topliss-reactive ketones (excluding diaryl/α,β-unsaturated/α-hetero) is 1. The van der Waals surface area contributed by atoms with Crippen molar-refractivity contribution in [3.05, 3.63) is 64.8 Å². The van der Waals surface area contributed by atoms with E-state index in [0.717, 1.165) is 43.1 Å². The molecule has 8 heteroatoms. The highest BCUT2D eigenvalue weighted by molar-refractivity contribution is 6.45. The van der Waals surface area contributed by atoms with Gasteiger partial charge in [0.2, 0.25) is 0 Å². The highest BCUT2D eigenvalue weighted by atomic mass is 35.5. The Balaban J connectivity index is 0.00000342. The molecule has 0 saturated heterocycles. The van der Waals surface area contributed by atoms with Gasteiger partial charge >= 0.3 is 0 Å². The molecule has 0 radical (unpaired) electrons. The molecule has 35 heavy (non-hydrogen) atoms. The maximum absolute atomic E-state index is 13.5. The second kappa shape index (κ2) is 11.9. The molecule has 3 aromatic rings. The van der Waals surface area contributed by atoms with Crippen LogP contribution in [0.2, 0.25) is 5.02 Å². The molecule has 2 aromatic carbocycles. The van der Waals surface area contributed by atoms with Gasteiger partial charge < -0.3 is 19.5 Å². The lowest BCUT2D eigenvalue weighted by Crippen LogP contribution is -2.47. The third-order valence-electron chi connectivity index (χ3n) is 6.68. The maximum atomic E-state index is 13.5. The number of aryl methyl sites for hydroxylation is 1. The Bertz CT molecular complexity index is 1170. The zero-order valence-electron chi connectivity index (χ0n) is 20.4. The SMILES string of the molecule is CN(C)CC1CCCCC1NC(=O)C(=O)c1c(COc2ccc(Cl)cc2)n(C)c2ccccc12.Cl. The van der Waals surface area contributed by atoms with E-state index in [9.17, 15) is 9.59 Å². The van der Waals surface area contributed by atoms with Gasteiger partial charge in [0, 0.05) is 35.6 Å². The smallest absolute Gasteiger partial charge is 0.292 e. The zero-order chi connectivity index (χ0) is 24.2. The Morgan fingerprint density at radius 3 is 2.49 bits per heavy atom. The van der Waals surface area contributed by atoms with Crippen LogP contribution < -0.4 is 10.1 Å². The number of para-hydroxylation sites is 1. The lowest BCUT2D eigenvalue weighted by molar-refractivity contribution is -0.118. The fraction of sp³-hybridized carbons (Fsp3) is 0.407. The molecule has 1 aromatic heterocycles. The van der Waals surface area contributed by atoms with E-state index < -0.39 is 11.7 Å². The van der Waals surface area contributed by atoms with Crippen molar-refractivity contribution >= 4 is 46.6 Å². The number of hydrogen-bond acceptors (Lipinski definition) is 4. The number of hydrogen-bond donors (Lipinski definition) is 1. The molecule has 6 nitrogen and oxygen atoms in total. The van der Waals surface area contributed by atoms with Gasteiger partial charge in [0.1, 0.15) is 12.4 Å². The molecule has 188 valence electrons. The Kier molecular flexibility index (Phi) is 9.22. The average molecular weight is 518 g/mol. The highest BCUT2D eigenvalue weighted by Crippen LogP contribution is 2.29. The predicted molar refractivity (Wildman–Crippen MR) is 143 cm³/mol. The molecule has 1 heterocycles. The third kappa shape index (κ3) is 6.18. The summed E-state index contributed by atoms with van der Waals surface area (Å²) in [6.07, 6.45) is 4.19. The average Bonchev–Trinajstić information content (AvgIpc) is 3.11. The van der Waals surface area contributed by atoms with Crippen molar-refractivity contribution in [3.63, 3.8) is 0 Å². The minimum atomic E-state index is -0.542. The first-order valence-electron chi connectivity index (χ1n) is 11.8. The van der Waals surface area contributed by atoms with Crippen LogP contribution in [0.5, 0.6) is 5.75 Å². The van der Waals surface area contributed by atoms with Crippen molar-refractivity contribution in [2.45, 2.75) is 38.3 Å². The van der Waals surface area contributed by atoms with Gasteiger partial charge in [0.25, 0.3) is 11.7 Å². The Morgan fingerprint density at radius 2 is 1.77 bits per heavy atom. The van der Waals surface area contributed by atoms with Gasteiger partial charge in [-0.3, -0.25) is 9.59 Å². The number of ketones is 1.